The van der Waals surface area contributed by atoms with Gasteiger partial charge in [0.1, 0.15) is 11.5 Å². The summed E-state index contributed by atoms with van der Waals surface area (Å²) >= 11 is 0. The zero-order chi connectivity index (χ0) is 10.8. The molecule has 1 aromatic carbocycles. The Bertz CT molecular complexity index is 346. The van der Waals surface area contributed by atoms with Crippen LogP contribution in [0.1, 0.15) is 10.4 Å². The number of carbonyl (C=O) groups is 1. The molecule has 14 heavy (non-hydrogen) atoms. The van der Waals surface area contributed by atoms with Gasteiger partial charge in [-0.25, -0.2) is 0 Å². The lowest BCUT2D eigenvalue weighted by molar-refractivity contribution is -0.274. The lowest BCUT2D eigenvalue weighted by atomic mass is 10.2. The molecular weight excluding hydrogens is 201 g/mol. The van der Waals surface area contributed by atoms with Crippen molar-refractivity contribution in [2.24, 2.45) is 0 Å². The van der Waals surface area contributed by atoms with E-state index in [2.05, 4.69) is 4.74 Å². The van der Waals surface area contributed by atoms with Gasteiger partial charge in [-0.3, -0.25) is 4.79 Å². The lowest BCUT2D eigenvalue weighted by Gasteiger charge is -2.10. The molecule has 0 aromatic heterocycles. The average molecular weight is 206 g/mol. The molecule has 0 radical (unpaired) electrons. The SMILES string of the molecule is O=Cc1cc(O)ccc1OC(F)(F)F. The summed E-state index contributed by atoms with van der Waals surface area (Å²) in [5, 5.41) is 8.87. The molecular formula is C8H5F3O3. The summed E-state index contributed by atoms with van der Waals surface area (Å²) in [5.74, 6) is -0.938. The minimum atomic E-state index is -4.85. The second-order valence-electron chi connectivity index (χ2n) is 2.39. The van der Waals surface area contributed by atoms with Crippen LogP contribution in [0.15, 0.2) is 18.2 Å². The second kappa shape index (κ2) is 3.57. The summed E-state index contributed by atoms with van der Waals surface area (Å²) < 4.78 is 38.8. The summed E-state index contributed by atoms with van der Waals surface area (Å²) in [7, 11) is 0. The van der Waals surface area contributed by atoms with Crippen molar-refractivity contribution in [2.75, 3.05) is 0 Å². The van der Waals surface area contributed by atoms with Crippen LogP contribution in [0.4, 0.5) is 13.2 Å². The number of hydrogen-bond acceptors (Lipinski definition) is 3. The van der Waals surface area contributed by atoms with Gasteiger partial charge in [-0.05, 0) is 18.2 Å². The van der Waals surface area contributed by atoms with Gasteiger partial charge in [0.15, 0.2) is 6.29 Å². The molecule has 0 bridgehead atoms. The number of ether oxygens (including phenoxy) is 1. The maximum Gasteiger partial charge on any atom is 0.573 e. The first-order chi connectivity index (χ1) is 6.42. The summed E-state index contributed by atoms with van der Waals surface area (Å²) in [6.45, 7) is 0. The highest BCUT2D eigenvalue weighted by molar-refractivity contribution is 5.80. The van der Waals surface area contributed by atoms with E-state index >= 15 is 0 Å². The predicted molar refractivity (Wildman–Crippen MR) is 40.2 cm³/mol. The van der Waals surface area contributed by atoms with E-state index in [9.17, 15) is 18.0 Å². The minimum Gasteiger partial charge on any atom is -0.508 e. The molecule has 0 unspecified atom stereocenters. The average Bonchev–Trinajstić information content (AvgIpc) is 2.06. The van der Waals surface area contributed by atoms with Gasteiger partial charge in [-0.2, -0.15) is 0 Å². The molecule has 0 aliphatic carbocycles. The highest BCUT2D eigenvalue weighted by Crippen LogP contribution is 2.27. The maximum atomic E-state index is 11.8. The van der Waals surface area contributed by atoms with Crippen molar-refractivity contribution in [1.82, 2.24) is 0 Å². The predicted octanol–water partition coefficient (Wildman–Crippen LogP) is 2.10. The number of hydrogen-bond donors (Lipinski definition) is 1. The van der Waals surface area contributed by atoms with Crippen molar-refractivity contribution in [2.45, 2.75) is 6.36 Å². The standard InChI is InChI=1S/C8H5F3O3/c9-8(10,11)14-7-2-1-6(13)3-5(7)4-12/h1-4,13H. The van der Waals surface area contributed by atoms with Gasteiger partial charge in [-0.15, -0.1) is 13.2 Å². The first kappa shape index (κ1) is 10.4. The number of aromatic hydroxyl groups is 1. The molecule has 0 heterocycles. The highest BCUT2D eigenvalue weighted by Gasteiger charge is 2.32. The zero-order valence-corrected chi connectivity index (χ0v) is 6.71. The molecule has 76 valence electrons. The van der Waals surface area contributed by atoms with Crippen LogP contribution in [0.3, 0.4) is 0 Å². The van der Waals surface area contributed by atoms with Crippen molar-refractivity contribution >= 4 is 6.29 Å². The summed E-state index contributed by atoms with van der Waals surface area (Å²) in [4.78, 5) is 10.3. The van der Waals surface area contributed by atoms with Crippen molar-refractivity contribution in [3.8, 4) is 11.5 Å². The van der Waals surface area contributed by atoms with Crippen molar-refractivity contribution < 1.29 is 27.8 Å². The molecule has 1 rings (SSSR count). The monoisotopic (exact) mass is 206 g/mol. The number of halogens is 3. The fourth-order valence-electron chi connectivity index (χ4n) is 0.846. The fraction of sp³-hybridized carbons (Fsp3) is 0.125. The maximum absolute atomic E-state index is 11.8. The van der Waals surface area contributed by atoms with Crippen molar-refractivity contribution in [1.29, 1.82) is 0 Å². The number of benzene rings is 1. The molecule has 1 N–H and O–H groups in total. The number of rotatable bonds is 2. The van der Waals surface area contributed by atoms with Crippen LogP contribution in [-0.4, -0.2) is 17.8 Å². The van der Waals surface area contributed by atoms with E-state index in [0.717, 1.165) is 18.2 Å². The summed E-state index contributed by atoms with van der Waals surface area (Å²) in [6.07, 6.45) is -4.68. The van der Waals surface area contributed by atoms with E-state index in [-0.39, 0.29) is 17.6 Å². The van der Waals surface area contributed by atoms with Crippen LogP contribution >= 0.6 is 0 Å². The number of alkyl halides is 3. The third-order valence-corrected chi connectivity index (χ3v) is 1.35. The molecule has 6 heteroatoms. The molecule has 0 saturated heterocycles. The van der Waals surface area contributed by atoms with Crippen molar-refractivity contribution in [3.63, 3.8) is 0 Å². The third-order valence-electron chi connectivity index (χ3n) is 1.35. The Balaban J connectivity index is 3.03. The molecule has 0 aliphatic rings. The van der Waals surface area contributed by atoms with Crippen LogP contribution in [0, 0.1) is 0 Å². The fourth-order valence-corrected chi connectivity index (χ4v) is 0.846. The van der Waals surface area contributed by atoms with Gasteiger partial charge in [-0.1, -0.05) is 0 Å². The molecule has 0 fully saturated rings. The Hall–Kier alpha value is -1.72. The van der Waals surface area contributed by atoms with Gasteiger partial charge >= 0.3 is 6.36 Å². The van der Waals surface area contributed by atoms with Crippen LogP contribution < -0.4 is 4.74 Å². The zero-order valence-electron chi connectivity index (χ0n) is 6.71. The normalized spacial score (nSPS) is 11.1. The molecule has 0 atom stereocenters. The van der Waals surface area contributed by atoms with Gasteiger partial charge in [0.05, 0.1) is 5.56 Å². The molecule has 0 spiro atoms. The summed E-state index contributed by atoms with van der Waals surface area (Å²) in [6, 6.07) is 2.74. The molecule has 0 saturated carbocycles. The number of phenolic OH excluding ortho intramolecular Hbond substituents is 1. The minimum absolute atomic E-state index is 0.167. The summed E-state index contributed by atoms with van der Waals surface area (Å²) in [5.41, 5.74) is -0.359. The Morgan fingerprint density at radius 3 is 2.50 bits per heavy atom. The molecule has 3 nitrogen and oxygen atoms in total. The van der Waals surface area contributed by atoms with Crippen LogP contribution in [0.5, 0.6) is 11.5 Å². The molecule has 1 aromatic rings. The largest absolute Gasteiger partial charge is 0.573 e. The van der Waals surface area contributed by atoms with Crippen LogP contribution in [-0.2, 0) is 0 Å². The number of aldehydes is 1. The number of phenols is 1. The number of carbonyl (C=O) groups excluding carboxylic acids is 1. The Morgan fingerprint density at radius 2 is 2.00 bits per heavy atom. The van der Waals surface area contributed by atoms with Gasteiger partial charge < -0.3 is 9.84 Å². The second-order valence-corrected chi connectivity index (χ2v) is 2.39. The van der Waals surface area contributed by atoms with E-state index in [1.54, 1.807) is 0 Å². The van der Waals surface area contributed by atoms with E-state index < -0.39 is 12.1 Å². The Morgan fingerprint density at radius 1 is 1.36 bits per heavy atom. The first-order valence-corrected chi connectivity index (χ1v) is 3.46. The van der Waals surface area contributed by atoms with E-state index in [1.807, 2.05) is 0 Å². The van der Waals surface area contributed by atoms with E-state index in [0.29, 0.717) is 0 Å². The third kappa shape index (κ3) is 2.65. The van der Waals surface area contributed by atoms with Crippen molar-refractivity contribution in [3.05, 3.63) is 23.8 Å². The van der Waals surface area contributed by atoms with Gasteiger partial charge in [0, 0.05) is 0 Å². The molecule has 0 amide bonds. The quantitative estimate of drug-likeness (QED) is 0.753. The molecule has 0 aliphatic heterocycles. The first-order valence-electron chi connectivity index (χ1n) is 3.46. The Labute approximate surface area is 76.7 Å². The van der Waals surface area contributed by atoms with Gasteiger partial charge in [0.2, 0.25) is 0 Å². The van der Waals surface area contributed by atoms with Gasteiger partial charge in [0.25, 0.3) is 0 Å². The van der Waals surface area contributed by atoms with Crippen LogP contribution in [0.2, 0.25) is 0 Å². The van der Waals surface area contributed by atoms with Crippen LogP contribution in [0.25, 0.3) is 0 Å². The highest BCUT2D eigenvalue weighted by atomic mass is 19.4. The van der Waals surface area contributed by atoms with E-state index in [1.165, 1.54) is 0 Å². The Kier molecular flexibility index (Phi) is 2.64. The topological polar surface area (TPSA) is 46.5 Å². The smallest absolute Gasteiger partial charge is 0.508 e. The van der Waals surface area contributed by atoms with E-state index in [4.69, 9.17) is 5.11 Å². The lowest BCUT2D eigenvalue weighted by Crippen LogP contribution is -2.18.